The number of hydrogen-bond donors (Lipinski definition) is 4. The Balaban J connectivity index is 1.40. The van der Waals surface area contributed by atoms with Gasteiger partial charge >= 0.3 is 0 Å². The summed E-state index contributed by atoms with van der Waals surface area (Å²) in [5, 5.41) is 19.8. The van der Waals surface area contributed by atoms with Gasteiger partial charge in [0.1, 0.15) is 23.2 Å². The highest BCUT2D eigenvalue weighted by Crippen LogP contribution is 2.36. The Hall–Kier alpha value is -5.14. The molecule has 1 saturated heterocycles. The minimum atomic E-state index is -0.389. The summed E-state index contributed by atoms with van der Waals surface area (Å²) in [6.07, 6.45) is 6.20. The van der Waals surface area contributed by atoms with E-state index in [1.54, 1.807) is 30.2 Å². The minimum absolute atomic E-state index is 0.0164. The van der Waals surface area contributed by atoms with Gasteiger partial charge in [-0.2, -0.15) is 4.98 Å². The average Bonchev–Trinajstić information content (AvgIpc) is 3.46. The number of ether oxygens (including phenoxy) is 1. The second kappa shape index (κ2) is 14.1. The number of nitrogens with zero attached hydrogens (tertiary/aromatic N) is 6. The van der Waals surface area contributed by atoms with Crippen molar-refractivity contribution < 1.29 is 19.4 Å². The lowest BCUT2D eigenvalue weighted by Gasteiger charge is -2.37. The highest BCUT2D eigenvalue weighted by atomic mass is 35.5. The molecule has 1 fully saturated rings. The van der Waals surface area contributed by atoms with Gasteiger partial charge in [-0.05, 0) is 30.3 Å². The van der Waals surface area contributed by atoms with E-state index >= 15 is 0 Å². The van der Waals surface area contributed by atoms with Crippen LogP contribution in [0.1, 0.15) is 18.3 Å². The van der Waals surface area contributed by atoms with Gasteiger partial charge in [0.15, 0.2) is 5.82 Å². The fourth-order valence-corrected chi connectivity index (χ4v) is 4.96. The van der Waals surface area contributed by atoms with Gasteiger partial charge < -0.3 is 40.2 Å². The quantitative estimate of drug-likeness (QED) is 0.177. The van der Waals surface area contributed by atoms with Gasteiger partial charge in [0.2, 0.25) is 17.8 Å². The van der Waals surface area contributed by atoms with Crippen LogP contribution in [0, 0.1) is 0 Å². The van der Waals surface area contributed by atoms with E-state index in [9.17, 15) is 14.7 Å². The second-order valence-electron chi connectivity index (χ2n) is 10.3. The molecule has 0 spiro atoms. The summed E-state index contributed by atoms with van der Waals surface area (Å²) < 4.78 is 7.90. The Morgan fingerprint density at radius 3 is 2.56 bits per heavy atom. The number of aromatic nitrogens is 4. The van der Waals surface area contributed by atoms with Crippen molar-refractivity contribution in [2.75, 3.05) is 47.0 Å². The molecule has 0 unspecified atom stereocenters. The van der Waals surface area contributed by atoms with Crippen LogP contribution in [0.4, 0.5) is 34.5 Å². The van der Waals surface area contributed by atoms with Crippen LogP contribution >= 0.6 is 11.6 Å². The standard InChI is InChI=1S/C31H34ClN9O4/c1-4-29(44)35-25-16-24(21(18-42)15-26(25)41-13-11-40(12-14-41)20(2)43)37-31-34-17-22(32)30(38-31)36-23-7-5-6-8-27(23)45-19-28-33-9-10-39(28)3/h4-10,15-17,42H,1,11-14,18-19H2,2-3H3,(H,35,44)(H2,34,36,37,38). The van der Waals surface area contributed by atoms with Gasteiger partial charge in [-0.15, -0.1) is 0 Å². The first kappa shape index (κ1) is 31.3. The third-order valence-electron chi connectivity index (χ3n) is 7.31. The summed E-state index contributed by atoms with van der Waals surface area (Å²) in [6, 6.07) is 10.9. The summed E-state index contributed by atoms with van der Waals surface area (Å²) >= 11 is 6.48. The van der Waals surface area contributed by atoms with Crippen LogP contribution in [0.15, 0.2) is 67.6 Å². The number of piperazine rings is 1. The second-order valence-corrected chi connectivity index (χ2v) is 10.7. The van der Waals surface area contributed by atoms with Crippen LogP contribution < -0.4 is 25.6 Å². The number of aliphatic hydroxyl groups is 1. The van der Waals surface area contributed by atoms with E-state index in [0.717, 1.165) is 5.82 Å². The van der Waals surface area contributed by atoms with E-state index in [1.165, 1.54) is 12.3 Å². The summed E-state index contributed by atoms with van der Waals surface area (Å²) in [5.74, 6) is 1.50. The highest BCUT2D eigenvalue weighted by Gasteiger charge is 2.23. The number of rotatable bonds is 11. The van der Waals surface area contributed by atoms with E-state index in [-0.39, 0.29) is 36.0 Å². The molecule has 0 saturated carbocycles. The monoisotopic (exact) mass is 631 g/mol. The van der Waals surface area contributed by atoms with E-state index in [4.69, 9.17) is 16.3 Å². The van der Waals surface area contributed by atoms with Crippen LogP contribution in [0.2, 0.25) is 5.02 Å². The molecule has 5 rings (SSSR count). The fourth-order valence-electron chi connectivity index (χ4n) is 4.82. The zero-order valence-electron chi connectivity index (χ0n) is 25.0. The number of anilines is 6. The number of amides is 2. The maximum absolute atomic E-state index is 12.4. The predicted molar refractivity (Wildman–Crippen MR) is 173 cm³/mol. The number of benzene rings is 2. The van der Waals surface area contributed by atoms with Gasteiger partial charge in [0.25, 0.3) is 0 Å². The van der Waals surface area contributed by atoms with Crippen LogP contribution in [0.3, 0.4) is 0 Å². The number of carbonyl (C=O) groups excluding carboxylic acids is 2. The molecule has 0 aliphatic carbocycles. The molecule has 4 aromatic rings. The third kappa shape index (κ3) is 7.51. The Bertz CT molecular complexity index is 1700. The van der Waals surface area contributed by atoms with Crippen molar-refractivity contribution in [1.29, 1.82) is 0 Å². The van der Waals surface area contributed by atoms with Crippen LogP contribution in [-0.4, -0.2) is 67.5 Å². The van der Waals surface area contributed by atoms with Gasteiger partial charge in [-0.25, -0.2) is 9.97 Å². The van der Waals surface area contributed by atoms with Crippen LogP contribution in [0.5, 0.6) is 5.75 Å². The molecule has 2 aromatic heterocycles. The van der Waals surface area contributed by atoms with Crippen LogP contribution in [-0.2, 0) is 29.9 Å². The predicted octanol–water partition coefficient (Wildman–Crippen LogP) is 4.22. The summed E-state index contributed by atoms with van der Waals surface area (Å²) in [7, 11) is 1.90. The first-order valence-electron chi connectivity index (χ1n) is 14.2. The van der Waals surface area contributed by atoms with E-state index < -0.39 is 0 Å². The fraction of sp³-hybridized carbons (Fsp3) is 0.258. The SMILES string of the molecule is C=CC(=O)Nc1cc(Nc2ncc(Cl)c(Nc3ccccc3OCc3nccn3C)n2)c(CO)cc1N1CCN(C(C)=O)CC1. The van der Waals surface area contributed by atoms with Crippen molar-refractivity contribution in [3.63, 3.8) is 0 Å². The number of imidazole rings is 1. The first-order valence-corrected chi connectivity index (χ1v) is 14.6. The lowest BCUT2D eigenvalue weighted by Crippen LogP contribution is -2.48. The maximum atomic E-state index is 12.4. The molecule has 1 aliphatic rings. The van der Waals surface area contributed by atoms with Crippen molar-refractivity contribution in [1.82, 2.24) is 24.4 Å². The lowest BCUT2D eigenvalue weighted by molar-refractivity contribution is -0.129. The van der Waals surface area contributed by atoms with E-state index in [2.05, 4.69) is 42.4 Å². The largest absolute Gasteiger partial charge is 0.484 e. The summed E-state index contributed by atoms with van der Waals surface area (Å²) in [6.45, 7) is 7.31. The van der Waals surface area contributed by atoms with E-state index in [0.29, 0.717) is 66.1 Å². The topological polar surface area (TPSA) is 150 Å². The van der Waals surface area contributed by atoms with Crippen molar-refractivity contribution in [3.05, 3.63) is 84.1 Å². The number of carbonyl (C=O) groups is 2. The summed E-state index contributed by atoms with van der Waals surface area (Å²) in [4.78, 5) is 41.2. The minimum Gasteiger partial charge on any atom is -0.484 e. The lowest BCUT2D eigenvalue weighted by atomic mass is 10.1. The zero-order chi connectivity index (χ0) is 31.9. The molecule has 4 N–H and O–H groups in total. The smallest absolute Gasteiger partial charge is 0.247 e. The van der Waals surface area contributed by atoms with Crippen molar-refractivity contribution in [2.45, 2.75) is 20.1 Å². The molecular weight excluding hydrogens is 598 g/mol. The van der Waals surface area contributed by atoms with Crippen molar-refractivity contribution in [2.24, 2.45) is 7.05 Å². The van der Waals surface area contributed by atoms with E-state index in [1.807, 2.05) is 42.1 Å². The number of halogens is 1. The molecule has 0 atom stereocenters. The Morgan fingerprint density at radius 1 is 1.09 bits per heavy atom. The third-order valence-corrected chi connectivity index (χ3v) is 7.59. The molecule has 45 heavy (non-hydrogen) atoms. The van der Waals surface area contributed by atoms with Gasteiger partial charge in [0, 0.05) is 63.8 Å². The molecule has 2 amide bonds. The molecule has 3 heterocycles. The molecule has 2 aromatic carbocycles. The molecule has 1 aliphatic heterocycles. The first-order chi connectivity index (χ1) is 21.7. The maximum Gasteiger partial charge on any atom is 0.247 e. The number of aryl methyl sites for hydroxylation is 1. The summed E-state index contributed by atoms with van der Waals surface area (Å²) in [5.41, 5.74) is 2.89. The number of para-hydroxylation sites is 2. The Labute approximate surface area is 265 Å². The number of aliphatic hydroxyl groups excluding tert-OH is 1. The Kier molecular flexibility index (Phi) is 9.80. The van der Waals surface area contributed by atoms with Gasteiger partial charge in [-0.3, -0.25) is 9.59 Å². The molecule has 0 bridgehead atoms. The molecule has 0 radical (unpaired) electrons. The Morgan fingerprint density at radius 2 is 1.87 bits per heavy atom. The zero-order valence-corrected chi connectivity index (χ0v) is 25.7. The average molecular weight is 632 g/mol. The van der Waals surface area contributed by atoms with Crippen LogP contribution in [0.25, 0.3) is 0 Å². The van der Waals surface area contributed by atoms with Gasteiger partial charge in [0.05, 0.1) is 29.9 Å². The van der Waals surface area contributed by atoms with Crippen molar-refractivity contribution >= 4 is 57.9 Å². The highest BCUT2D eigenvalue weighted by molar-refractivity contribution is 6.33. The molecule has 234 valence electrons. The van der Waals surface area contributed by atoms with Crippen molar-refractivity contribution in [3.8, 4) is 5.75 Å². The number of nitrogens with one attached hydrogen (secondary N) is 3. The molecular formula is C31H34ClN9O4. The molecule has 14 heteroatoms. The van der Waals surface area contributed by atoms with Gasteiger partial charge in [-0.1, -0.05) is 30.3 Å². The molecule has 13 nitrogen and oxygen atoms in total. The number of hydrogen-bond acceptors (Lipinski definition) is 10. The normalized spacial score (nSPS) is 12.9.